The second-order valence-electron chi connectivity index (χ2n) is 9.99. The lowest BCUT2D eigenvalue weighted by Gasteiger charge is -2.44. The van der Waals surface area contributed by atoms with Gasteiger partial charge in [0.25, 0.3) is 0 Å². The molecule has 0 aromatic heterocycles. The molecule has 2 rings (SSSR count). The van der Waals surface area contributed by atoms with E-state index in [-0.39, 0.29) is 11.1 Å². The van der Waals surface area contributed by atoms with E-state index in [1.54, 1.807) is 0 Å². The molecule has 2 aromatic carbocycles. The van der Waals surface area contributed by atoms with Crippen molar-refractivity contribution in [1.82, 2.24) is 5.32 Å². The molecule has 1 atom stereocenters. The number of carbonyl (C=O) groups excluding carboxylic acids is 1. The molecule has 0 radical (unpaired) electrons. The summed E-state index contributed by atoms with van der Waals surface area (Å²) in [6.07, 6.45) is 0.335. The van der Waals surface area contributed by atoms with Gasteiger partial charge in [-0.1, -0.05) is 104 Å². The van der Waals surface area contributed by atoms with Crippen molar-refractivity contribution in [2.24, 2.45) is 0 Å². The number of hydrogen-bond donors (Lipinski definition) is 1. The van der Waals surface area contributed by atoms with E-state index >= 15 is 0 Å². The van der Waals surface area contributed by atoms with Crippen LogP contribution < -0.4 is 5.32 Å². The summed E-state index contributed by atoms with van der Waals surface area (Å²) in [7, 11) is -0.964. The third-order valence-electron chi connectivity index (χ3n) is 4.72. The fourth-order valence-corrected chi connectivity index (χ4v) is 5.29. The normalized spacial score (nSPS) is 13.9. The summed E-state index contributed by atoms with van der Waals surface area (Å²) in [6.45, 7) is 12.3. The van der Waals surface area contributed by atoms with E-state index in [2.05, 4.69) is 72.9 Å². The molecule has 0 aliphatic heterocycles. The Morgan fingerprint density at radius 3 is 1.81 bits per heavy atom. The van der Waals surface area contributed by atoms with Gasteiger partial charge in [0.2, 0.25) is 0 Å². The molecule has 1 N–H and O–H groups in total. The monoisotopic (exact) mass is 553 g/mol. The van der Waals surface area contributed by atoms with E-state index in [1.807, 2.05) is 57.2 Å². The maximum atomic E-state index is 12.9. The van der Waals surface area contributed by atoms with E-state index in [1.165, 1.54) is 0 Å². The molecular weight excluding hydrogens is 517 g/mol. The molecule has 170 valence electrons. The highest BCUT2D eigenvalue weighted by molar-refractivity contribution is 14.1. The van der Waals surface area contributed by atoms with Gasteiger partial charge in [0, 0.05) is 4.43 Å². The number of halogens is 1. The van der Waals surface area contributed by atoms with Gasteiger partial charge in [-0.15, -0.1) is 0 Å². The predicted octanol–water partition coefficient (Wildman–Crippen LogP) is 5.97. The van der Waals surface area contributed by atoms with Crippen molar-refractivity contribution < 1.29 is 14.0 Å². The van der Waals surface area contributed by atoms with Gasteiger partial charge < -0.3 is 14.5 Å². The Morgan fingerprint density at radius 1 is 0.935 bits per heavy atom. The quantitative estimate of drug-likeness (QED) is 0.249. The third kappa shape index (κ3) is 7.61. The Kier molecular flexibility index (Phi) is 9.15. The highest BCUT2D eigenvalue weighted by Crippen LogP contribution is 2.40. The van der Waals surface area contributed by atoms with Gasteiger partial charge >= 0.3 is 6.09 Å². The molecule has 2 aromatic rings. The number of carbonyl (C=O) groups is 1. The molecule has 6 heteroatoms. The Bertz CT molecular complexity index is 777. The number of amides is 1. The van der Waals surface area contributed by atoms with E-state index in [0.29, 0.717) is 0 Å². The third-order valence-corrected chi connectivity index (χ3v) is 6.81. The van der Waals surface area contributed by atoms with Crippen molar-refractivity contribution in [3.63, 3.8) is 0 Å². The average molecular weight is 554 g/mol. The van der Waals surface area contributed by atoms with Crippen LogP contribution >= 0.6 is 22.6 Å². The largest absolute Gasteiger partial charge is 0.444 e. The lowest BCUT2D eigenvalue weighted by molar-refractivity contribution is 0.0284. The summed E-state index contributed by atoms with van der Waals surface area (Å²) in [5.74, 6) is 0. The van der Waals surface area contributed by atoms with Crippen molar-refractivity contribution in [3.8, 4) is 0 Å². The van der Waals surface area contributed by atoms with Crippen molar-refractivity contribution in [3.05, 3.63) is 71.8 Å². The first-order valence-corrected chi connectivity index (χ1v) is 13.6. The van der Waals surface area contributed by atoms with Gasteiger partial charge in [0.15, 0.2) is 9.76 Å². The number of nitrogens with one attached hydrogen (secondary N) is 1. The van der Waals surface area contributed by atoms with E-state index in [9.17, 15) is 4.79 Å². The topological polar surface area (TPSA) is 47.6 Å². The second-order valence-corrected chi connectivity index (χ2v) is 13.8. The molecule has 1 amide bonds. The van der Waals surface area contributed by atoms with Gasteiger partial charge in [-0.3, -0.25) is 0 Å². The number of alkyl halides is 1. The molecule has 0 saturated carbocycles. The molecule has 0 spiro atoms. The molecule has 0 aliphatic rings. The molecule has 0 heterocycles. The molecule has 0 aliphatic carbocycles. The minimum Gasteiger partial charge on any atom is -0.444 e. The summed E-state index contributed by atoms with van der Waals surface area (Å²) in [6, 6.07) is 20.3. The number of ether oxygens (including phenoxy) is 1. The van der Waals surface area contributed by atoms with Crippen LogP contribution in [-0.4, -0.2) is 31.9 Å². The lowest BCUT2D eigenvalue weighted by Crippen LogP contribution is -2.55. The van der Waals surface area contributed by atoms with Crippen LogP contribution in [0.15, 0.2) is 60.7 Å². The minimum absolute atomic E-state index is 0.0929. The molecule has 31 heavy (non-hydrogen) atoms. The molecule has 0 saturated heterocycles. The van der Waals surface area contributed by atoms with E-state index in [0.717, 1.165) is 22.0 Å². The number of rotatable bonds is 8. The maximum Gasteiger partial charge on any atom is 0.407 e. The first-order chi connectivity index (χ1) is 14.5. The van der Waals surface area contributed by atoms with Crippen molar-refractivity contribution in [2.75, 3.05) is 4.43 Å². The van der Waals surface area contributed by atoms with Crippen LogP contribution in [0.25, 0.3) is 0 Å². The predicted molar refractivity (Wildman–Crippen MR) is 140 cm³/mol. The Hall–Kier alpha value is -1.38. The van der Waals surface area contributed by atoms with Crippen LogP contribution in [0, 0.1) is 0 Å². The summed E-state index contributed by atoms with van der Waals surface area (Å²) in [4.78, 5) is 12.9. The minimum atomic E-state index is -0.964. The summed E-state index contributed by atoms with van der Waals surface area (Å²) in [5, 5.41) is 3.27. The fourth-order valence-electron chi connectivity index (χ4n) is 3.47. The van der Waals surface area contributed by atoms with Crippen LogP contribution in [0.1, 0.15) is 59.1 Å². The number of alkyl carbamates (subject to hydrolysis) is 1. The lowest BCUT2D eigenvalue weighted by atomic mass is 9.79. The fraction of sp³-hybridized carbons (Fsp3) is 0.480. The number of benzene rings is 2. The molecule has 0 unspecified atom stereocenters. The van der Waals surface area contributed by atoms with Gasteiger partial charge in [0.1, 0.15) is 11.2 Å². The summed E-state index contributed by atoms with van der Waals surface area (Å²) < 4.78 is 13.5. The van der Waals surface area contributed by atoms with Gasteiger partial charge in [0.05, 0.1) is 6.04 Å². The van der Waals surface area contributed by atoms with Crippen LogP contribution in [0.2, 0.25) is 5.04 Å². The van der Waals surface area contributed by atoms with Crippen LogP contribution in [0.5, 0.6) is 0 Å². The Morgan fingerprint density at radius 2 is 1.42 bits per heavy atom. The summed E-state index contributed by atoms with van der Waals surface area (Å²) >= 11 is 2.36. The van der Waals surface area contributed by atoms with Crippen molar-refractivity contribution in [2.45, 2.75) is 70.2 Å². The molecule has 0 fully saturated rings. The number of hydrogen-bond acceptors (Lipinski definition) is 3. The van der Waals surface area contributed by atoms with Crippen LogP contribution in [-0.2, 0) is 14.8 Å². The Balaban J connectivity index is 2.64. The highest BCUT2D eigenvalue weighted by atomic mass is 127. The van der Waals surface area contributed by atoms with Crippen molar-refractivity contribution >= 4 is 38.4 Å². The SMILES string of the molecule is CC(C)(C)OC(=O)N[C@@H](CCI)C(O[SiH2]C(C)(C)C)(c1ccccc1)c1ccccc1. The molecular formula is C25H36INO3Si. The summed E-state index contributed by atoms with van der Waals surface area (Å²) in [5.41, 5.74) is 0.736. The second kappa shape index (κ2) is 11.0. The molecule has 4 nitrogen and oxygen atoms in total. The van der Waals surface area contributed by atoms with Gasteiger partial charge in [-0.2, -0.15) is 0 Å². The first-order valence-electron chi connectivity index (χ1n) is 10.8. The van der Waals surface area contributed by atoms with Gasteiger partial charge in [-0.25, -0.2) is 4.79 Å². The highest BCUT2D eigenvalue weighted by Gasteiger charge is 2.44. The standard InChI is InChI=1S/C25H36INO3Si/c1-23(2,3)29-22(28)27-21(17-18-26)25(30-31-24(4,5)6,19-13-9-7-10-14-19)20-15-11-8-12-16-20/h7-16,21H,17-18,31H2,1-6H3,(H,27,28)/t21-/m0/s1. The zero-order chi connectivity index (χ0) is 23.1. The Labute approximate surface area is 203 Å². The zero-order valence-electron chi connectivity index (χ0n) is 19.6. The smallest absolute Gasteiger partial charge is 0.407 e. The van der Waals surface area contributed by atoms with Crippen molar-refractivity contribution in [1.29, 1.82) is 0 Å². The van der Waals surface area contributed by atoms with E-state index in [4.69, 9.17) is 9.16 Å². The van der Waals surface area contributed by atoms with Crippen LogP contribution in [0.4, 0.5) is 4.79 Å². The first kappa shape index (κ1) is 25.9. The maximum absolute atomic E-state index is 12.9. The average Bonchev–Trinajstić information content (AvgIpc) is 2.68. The van der Waals surface area contributed by atoms with Gasteiger partial charge in [-0.05, 0) is 43.4 Å². The zero-order valence-corrected chi connectivity index (χ0v) is 23.1. The molecule has 0 bridgehead atoms. The van der Waals surface area contributed by atoms with Crippen LogP contribution in [0.3, 0.4) is 0 Å². The van der Waals surface area contributed by atoms with E-state index < -0.39 is 27.1 Å².